The number of esters is 1. The summed E-state index contributed by atoms with van der Waals surface area (Å²) in [6.45, 7) is -3.58. The number of carbonyl (C=O) groups excluding carboxylic acids is 1. The normalized spacial score (nSPS) is 10.6. The molecule has 16 heavy (non-hydrogen) atoms. The third-order valence-corrected chi connectivity index (χ3v) is 2.03. The minimum atomic E-state index is -5.02. The summed E-state index contributed by atoms with van der Waals surface area (Å²) in [6, 6.07) is 2.97. The molecule has 0 heterocycles. The molecule has 0 saturated heterocycles. The van der Waals surface area contributed by atoms with Crippen molar-refractivity contribution in [1.82, 2.24) is 0 Å². The first-order valence-electron chi connectivity index (χ1n) is 4.25. The van der Waals surface area contributed by atoms with Crippen LogP contribution < -0.4 is 56.8 Å². The van der Waals surface area contributed by atoms with Crippen molar-refractivity contribution in [3.8, 4) is 0 Å². The molecule has 7 heteroatoms. The van der Waals surface area contributed by atoms with Crippen LogP contribution in [-0.2, 0) is 4.74 Å². The maximum atomic E-state index is 12.3. The van der Waals surface area contributed by atoms with Gasteiger partial charge < -0.3 is 17.7 Å². The molecule has 0 aromatic heterocycles. The van der Waals surface area contributed by atoms with Gasteiger partial charge in [0.15, 0.2) is 0 Å². The number of aryl methyl sites for hydroxylation is 1. The van der Waals surface area contributed by atoms with E-state index in [9.17, 15) is 17.7 Å². The van der Waals surface area contributed by atoms with Crippen LogP contribution in [0.1, 0.15) is 15.9 Å². The maximum Gasteiger partial charge on any atom is 1.00 e. The second kappa shape index (κ2) is 6.21. The molecular formula is C9H9BF3KO2. The molecule has 0 aliphatic heterocycles. The summed E-state index contributed by atoms with van der Waals surface area (Å²) >= 11 is 0. The Kier molecular flexibility index (Phi) is 6.28. The Bertz CT molecular complexity index is 393. The van der Waals surface area contributed by atoms with Gasteiger partial charge in [-0.15, -0.1) is 5.46 Å². The van der Waals surface area contributed by atoms with Crippen molar-refractivity contribution in [3.63, 3.8) is 0 Å². The first-order chi connectivity index (χ1) is 6.86. The molecule has 0 atom stereocenters. The molecule has 0 unspecified atom stereocenters. The van der Waals surface area contributed by atoms with Crippen molar-refractivity contribution < 1.29 is 73.9 Å². The minimum Gasteiger partial charge on any atom is -0.465 e. The fourth-order valence-electron chi connectivity index (χ4n) is 1.23. The van der Waals surface area contributed by atoms with Gasteiger partial charge in [-0.3, -0.25) is 0 Å². The number of carbonyl (C=O) groups is 1. The Balaban J connectivity index is 0.00000225. The maximum absolute atomic E-state index is 12.3. The van der Waals surface area contributed by atoms with Crippen LogP contribution in [0.15, 0.2) is 18.2 Å². The second-order valence-corrected chi connectivity index (χ2v) is 3.14. The molecule has 0 N–H and O–H groups in total. The van der Waals surface area contributed by atoms with Crippen molar-refractivity contribution in [2.75, 3.05) is 7.11 Å². The number of benzene rings is 1. The van der Waals surface area contributed by atoms with Crippen molar-refractivity contribution in [2.45, 2.75) is 6.92 Å². The summed E-state index contributed by atoms with van der Waals surface area (Å²) in [5.41, 5.74) is -0.292. The van der Waals surface area contributed by atoms with Gasteiger partial charge in [-0.2, -0.15) is 0 Å². The van der Waals surface area contributed by atoms with E-state index in [4.69, 9.17) is 0 Å². The summed E-state index contributed by atoms with van der Waals surface area (Å²) in [4.78, 5) is 11.1. The van der Waals surface area contributed by atoms with Crippen molar-refractivity contribution in [1.29, 1.82) is 0 Å². The van der Waals surface area contributed by atoms with Gasteiger partial charge in [0.05, 0.1) is 12.7 Å². The molecule has 0 aliphatic carbocycles. The van der Waals surface area contributed by atoms with E-state index in [0.717, 1.165) is 18.2 Å². The SMILES string of the molecule is COC(=O)c1ccc([B-](F)(F)F)cc1C.[K+]. The Hall–Kier alpha value is 0.181. The zero-order chi connectivity index (χ0) is 11.6. The Morgan fingerprint density at radius 1 is 1.31 bits per heavy atom. The van der Waals surface area contributed by atoms with Crippen molar-refractivity contribution in [2.24, 2.45) is 0 Å². The van der Waals surface area contributed by atoms with Gasteiger partial charge in [-0.05, 0) is 12.5 Å². The van der Waals surface area contributed by atoms with Crippen LogP contribution in [0.3, 0.4) is 0 Å². The summed E-state index contributed by atoms with van der Waals surface area (Å²) in [5, 5.41) is 0. The van der Waals surface area contributed by atoms with Crippen LogP contribution in [0.2, 0.25) is 0 Å². The van der Waals surface area contributed by atoms with E-state index in [1.165, 1.54) is 14.0 Å². The molecule has 0 fully saturated rings. The monoisotopic (exact) mass is 256 g/mol. The number of ether oxygens (including phenoxy) is 1. The van der Waals surface area contributed by atoms with Gasteiger partial charge in [0.1, 0.15) is 0 Å². The fraction of sp³-hybridized carbons (Fsp3) is 0.222. The number of methoxy groups -OCH3 is 1. The van der Waals surface area contributed by atoms with Crippen molar-refractivity contribution in [3.05, 3.63) is 29.3 Å². The zero-order valence-electron chi connectivity index (χ0n) is 9.26. The molecule has 82 valence electrons. The molecule has 1 aromatic carbocycles. The molecule has 0 radical (unpaired) electrons. The quantitative estimate of drug-likeness (QED) is 0.493. The van der Waals surface area contributed by atoms with E-state index >= 15 is 0 Å². The van der Waals surface area contributed by atoms with Gasteiger partial charge in [0, 0.05) is 0 Å². The van der Waals surface area contributed by atoms with E-state index in [0.29, 0.717) is 0 Å². The first kappa shape index (κ1) is 16.2. The summed E-state index contributed by atoms with van der Waals surface area (Å²) in [5.74, 6) is -0.631. The Morgan fingerprint density at radius 2 is 1.88 bits per heavy atom. The van der Waals surface area contributed by atoms with Crippen LogP contribution >= 0.6 is 0 Å². The molecule has 0 aliphatic rings. The number of halogens is 3. The van der Waals surface area contributed by atoms with E-state index in [-0.39, 0.29) is 62.5 Å². The third-order valence-electron chi connectivity index (χ3n) is 2.03. The topological polar surface area (TPSA) is 26.3 Å². The van der Waals surface area contributed by atoms with Crippen LogP contribution in [-0.4, -0.2) is 20.1 Å². The number of hydrogen-bond donors (Lipinski definition) is 0. The van der Waals surface area contributed by atoms with Crippen LogP contribution in [0.4, 0.5) is 12.9 Å². The van der Waals surface area contributed by atoms with Crippen LogP contribution in [0.5, 0.6) is 0 Å². The molecule has 0 bridgehead atoms. The Labute approximate surface area is 134 Å². The Morgan fingerprint density at radius 3 is 2.25 bits per heavy atom. The molecule has 1 rings (SSSR count). The second-order valence-electron chi connectivity index (χ2n) is 3.14. The molecule has 1 aromatic rings. The fourth-order valence-corrected chi connectivity index (χ4v) is 1.23. The standard InChI is InChI=1S/C9H9BF3O2.K/c1-6-5-7(10(11,12)13)3-4-8(6)9(14)15-2;/h3-5H,1-2H3;/q-1;+1. The number of hydrogen-bond acceptors (Lipinski definition) is 2. The van der Waals surface area contributed by atoms with Gasteiger partial charge >= 0.3 is 64.3 Å². The van der Waals surface area contributed by atoms with Crippen LogP contribution in [0.25, 0.3) is 0 Å². The predicted molar refractivity (Wildman–Crippen MR) is 51.2 cm³/mol. The van der Waals surface area contributed by atoms with E-state index in [1.54, 1.807) is 0 Å². The first-order valence-corrected chi connectivity index (χ1v) is 4.25. The smallest absolute Gasteiger partial charge is 0.465 e. The van der Waals surface area contributed by atoms with Gasteiger partial charge in [-0.1, -0.05) is 18.2 Å². The zero-order valence-corrected chi connectivity index (χ0v) is 12.4. The summed E-state index contributed by atoms with van der Waals surface area (Å²) in [6.07, 6.45) is 0. The van der Waals surface area contributed by atoms with Gasteiger partial charge in [-0.25, -0.2) is 4.79 Å². The summed E-state index contributed by atoms with van der Waals surface area (Å²) < 4.78 is 41.4. The predicted octanol–water partition coefficient (Wildman–Crippen LogP) is -1.16. The average Bonchev–Trinajstić information content (AvgIpc) is 2.15. The molecule has 0 saturated carbocycles. The largest absolute Gasteiger partial charge is 1.00 e. The third kappa shape index (κ3) is 3.89. The number of rotatable bonds is 2. The molecule has 0 amide bonds. The summed E-state index contributed by atoms with van der Waals surface area (Å²) in [7, 11) is 1.18. The van der Waals surface area contributed by atoms with Gasteiger partial charge in [0.25, 0.3) is 0 Å². The average molecular weight is 256 g/mol. The van der Waals surface area contributed by atoms with Crippen LogP contribution in [0, 0.1) is 6.92 Å². The molecular weight excluding hydrogens is 247 g/mol. The van der Waals surface area contributed by atoms with Gasteiger partial charge in [0.2, 0.25) is 0 Å². The van der Waals surface area contributed by atoms with E-state index in [1.807, 2.05) is 0 Å². The molecule has 2 nitrogen and oxygen atoms in total. The van der Waals surface area contributed by atoms with E-state index in [2.05, 4.69) is 4.74 Å². The van der Waals surface area contributed by atoms with E-state index < -0.39 is 18.4 Å². The minimum absolute atomic E-state index is 0. The molecule has 0 spiro atoms. The van der Waals surface area contributed by atoms with Crippen molar-refractivity contribution >= 4 is 18.4 Å².